The first-order valence-electron chi connectivity index (χ1n) is 9.56. The highest BCUT2D eigenvalue weighted by Crippen LogP contribution is 2.47. The van der Waals surface area contributed by atoms with E-state index < -0.39 is 17.7 Å². The molecule has 29 heavy (non-hydrogen) atoms. The van der Waals surface area contributed by atoms with E-state index in [2.05, 4.69) is 5.10 Å². The molecule has 5 rings (SSSR count). The molecular formula is C21H20N4O3S. The topological polar surface area (TPSA) is 78.5 Å². The van der Waals surface area contributed by atoms with Crippen molar-refractivity contribution < 1.29 is 9.53 Å². The lowest BCUT2D eigenvalue weighted by molar-refractivity contribution is -0.132. The minimum absolute atomic E-state index is 0.0471. The molecule has 0 radical (unpaired) electrons. The molecule has 2 aliphatic rings. The van der Waals surface area contributed by atoms with Crippen molar-refractivity contribution in [3.8, 4) is 5.75 Å². The van der Waals surface area contributed by atoms with Gasteiger partial charge >= 0.3 is 0 Å². The van der Waals surface area contributed by atoms with Crippen LogP contribution < -0.4 is 19.6 Å². The summed E-state index contributed by atoms with van der Waals surface area (Å²) in [6, 6.07) is 9.01. The number of para-hydroxylation sites is 1. The third kappa shape index (κ3) is 2.55. The highest BCUT2D eigenvalue weighted by Gasteiger charge is 2.53. The lowest BCUT2D eigenvalue weighted by Crippen LogP contribution is -2.58. The quantitative estimate of drug-likeness (QED) is 0.658. The van der Waals surface area contributed by atoms with Crippen LogP contribution in [0.5, 0.6) is 5.75 Å². The van der Waals surface area contributed by atoms with Gasteiger partial charge in [-0.1, -0.05) is 29.5 Å². The van der Waals surface area contributed by atoms with Crippen LogP contribution in [-0.4, -0.2) is 25.9 Å². The Labute approximate surface area is 170 Å². The van der Waals surface area contributed by atoms with E-state index in [1.807, 2.05) is 54.9 Å². The summed E-state index contributed by atoms with van der Waals surface area (Å²) in [6.07, 6.45) is 3.56. The van der Waals surface area contributed by atoms with Crippen molar-refractivity contribution >= 4 is 23.2 Å². The Kier molecular flexibility index (Phi) is 3.89. The standard InChI is InChI=1S/C21H20N4O3S/c1-4-24-13(9-10-22-24)11-16-19(27)25-18-14-7-5-6-8-15(14)28-21(3,17(18)12(2)26)23-20(25)29-16/h5-11,17-18H,4H2,1-3H3/b16-11-. The largest absolute Gasteiger partial charge is 0.465 e. The average molecular weight is 408 g/mol. The molecule has 2 aromatic heterocycles. The second kappa shape index (κ2) is 6.25. The van der Waals surface area contributed by atoms with Crippen LogP contribution in [0.3, 0.4) is 0 Å². The zero-order valence-electron chi connectivity index (χ0n) is 16.3. The van der Waals surface area contributed by atoms with Gasteiger partial charge in [-0.3, -0.25) is 18.8 Å². The lowest BCUT2D eigenvalue weighted by atomic mass is 9.79. The van der Waals surface area contributed by atoms with E-state index in [-0.39, 0.29) is 11.3 Å². The summed E-state index contributed by atoms with van der Waals surface area (Å²) in [6.45, 7) is 6.08. The van der Waals surface area contributed by atoms with E-state index in [9.17, 15) is 9.59 Å². The molecule has 0 aliphatic carbocycles. The second-order valence-corrected chi connectivity index (χ2v) is 8.49. The number of nitrogens with zero attached hydrogens (tertiary/aromatic N) is 4. The van der Waals surface area contributed by atoms with Gasteiger partial charge in [-0.2, -0.15) is 5.10 Å². The number of hydrogen-bond acceptors (Lipinski definition) is 6. The fraction of sp³-hybridized carbons (Fsp3) is 0.333. The van der Waals surface area contributed by atoms with Gasteiger partial charge in [-0.25, -0.2) is 4.99 Å². The van der Waals surface area contributed by atoms with Crippen LogP contribution in [0.15, 0.2) is 46.3 Å². The number of benzene rings is 1. The number of aromatic nitrogens is 3. The minimum Gasteiger partial charge on any atom is -0.465 e. The Balaban J connectivity index is 1.81. The maximum atomic E-state index is 13.4. The molecule has 4 heterocycles. The smallest absolute Gasteiger partial charge is 0.270 e. The van der Waals surface area contributed by atoms with Gasteiger partial charge in [-0.05, 0) is 39.0 Å². The zero-order valence-corrected chi connectivity index (χ0v) is 17.1. The fourth-order valence-corrected chi connectivity index (χ4v) is 5.50. The van der Waals surface area contributed by atoms with Gasteiger partial charge in [0.05, 0.1) is 16.3 Å². The molecule has 2 bridgehead atoms. The number of hydrogen-bond donors (Lipinski definition) is 0. The van der Waals surface area contributed by atoms with Gasteiger partial charge < -0.3 is 4.74 Å². The molecule has 3 aromatic rings. The number of thiazole rings is 1. The van der Waals surface area contributed by atoms with E-state index in [0.29, 0.717) is 21.6 Å². The van der Waals surface area contributed by atoms with Crippen LogP contribution in [0.2, 0.25) is 0 Å². The highest BCUT2D eigenvalue weighted by molar-refractivity contribution is 7.07. The molecule has 7 nitrogen and oxygen atoms in total. The van der Waals surface area contributed by atoms with Crippen molar-refractivity contribution in [1.29, 1.82) is 0 Å². The molecule has 0 fully saturated rings. The van der Waals surface area contributed by atoms with Crippen LogP contribution in [0.1, 0.15) is 38.1 Å². The van der Waals surface area contributed by atoms with Gasteiger partial charge in [0.1, 0.15) is 17.5 Å². The third-order valence-corrected chi connectivity index (χ3v) is 6.63. The van der Waals surface area contributed by atoms with Crippen LogP contribution in [0, 0.1) is 5.92 Å². The van der Waals surface area contributed by atoms with Crippen LogP contribution in [0.4, 0.5) is 0 Å². The monoisotopic (exact) mass is 408 g/mol. The molecule has 2 aliphatic heterocycles. The molecule has 0 N–H and O–H groups in total. The summed E-state index contributed by atoms with van der Waals surface area (Å²) in [7, 11) is 0. The zero-order chi connectivity index (χ0) is 20.3. The minimum atomic E-state index is -1.04. The van der Waals surface area contributed by atoms with E-state index >= 15 is 0 Å². The molecule has 0 spiro atoms. The molecule has 8 heteroatoms. The maximum Gasteiger partial charge on any atom is 0.270 e. The molecule has 3 atom stereocenters. The van der Waals surface area contributed by atoms with Crippen molar-refractivity contribution in [2.24, 2.45) is 10.9 Å². The second-order valence-electron chi connectivity index (χ2n) is 7.48. The molecule has 0 saturated carbocycles. The van der Waals surface area contributed by atoms with Crippen molar-refractivity contribution in [3.05, 3.63) is 67.5 Å². The predicted molar refractivity (Wildman–Crippen MR) is 109 cm³/mol. The molecule has 1 aromatic carbocycles. The first-order valence-corrected chi connectivity index (χ1v) is 10.4. The average Bonchev–Trinajstić information content (AvgIpc) is 3.24. The maximum absolute atomic E-state index is 13.4. The van der Waals surface area contributed by atoms with Crippen LogP contribution >= 0.6 is 11.3 Å². The Bertz CT molecular complexity index is 1320. The number of ketones is 1. The van der Waals surface area contributed by atoms with Crippen molar-refractivity contribution in [1.82, 2.24) is 14.3 Å². The molecule has 0 saturated heterocycles. The summed E-state index contributed by atoms with van der Waals surface area (Å²) in [5.41, 5.74) is 0.515. The summed E-state index contributed by atoms with van der Waals surface area (Å²) < 4.78 is 10.3. The number of Topliss-reactive ketones (excluding diaryl/α,β-unsaturated/α-hetero) is 1. The van der Waals surface area contributed by atoms with Crippen molar-refractivity contribution in [2.75, 3.05) is 0 Å². The summed E-state index contributed by atoms with van der Waals surface area (Å²) in [5.74, 6) is 0.0555. The summed E-state index contributed by atoms with van der Waals surface area (Å²) >= 11 is 1.32. The van der Waals surface area contributed by atoms with Crippen molar-refractivity contribution in [2.45, 2.75) is 39.1 Å². The molecule has 148 valence electrons. The van der Waals surface area contributed by atoms with Gasteiger partial charge in [0.15, 0.2) is 4.80 Å². The van der Waals surface area contributed by atoms with Gasteiger partial charge in [0, 0.05) is 18.3 Å². The summed E-state index contributed by atoms with van der Waals surface area (Å²) in [5, 5.41) is 4.26. The highest BCUT2D eigenvalue weighted by atomic mass is 32.1. The van der Waals surface area contributed by atoms with E-state index in [4.69, 9.17) is 9.73 Å². The number of carbonyl (C=O) groups excluding carboxylic acids is 1. The van der Waals surface area contributed by atoms with Crippen LogP contribution in [0.25, 0.3) is 6.08 Å². The molecular weight excluding hydrogens is 388 g/mol. The van der Waals surface area contributed by atoms with E-state index in [1.165, 1.54) is 18.3 Å². The Morgan fingerprint density at radius 3 is 2.90 bits per heavy atom. The predicted octanol–water partition coefficient (Wildman–Crippen LogP) is 1.49. The number of rotatable bonds is 3. The fourth-order valence-electron chi connectivity index (χ4n) is 4.42. The van der Waals surface area contributed by atoms with Gasteiger partial charge in [0.25, 0.3) is 5.56 Å². The first-order chi connectivity index (χ1) is 13.9. The normalized spacial score (nSPS) is 25.0. The number of aryl methyl sites for hydroxylation is 1. The number of carbonyl (C=O) groups is 1. The Morgan fingerprint density at radius 2 is 2.14 bits per heavy atom. The van der Waals surface area contributed by atoms with E-state index in [0.717, 1.165) is 11.3 Å². The van der Waals surface area contributed by atoms with E-state index in [1.54, 1.807) is 10.8 Å². The Hall–Kier alpha value is -3.00. The first kappa shape index (κ1) is 18.1. The number of fused-ring (bicyclic) bond motifs is 6. The Morgan fingerprint density at radius 1 is 1.34 bits per heavy atom. The van der Waals surface area contributed by atoms with Gasteiger partial charge in [0.2, 0.25) is 5.72 Å². The number of ether oxygens (including phenoxy) is 1. The summed E-state index contributed by atoms with van der Waals surface area (Å²) in [4.78, 5) is 31.4. The molecule has 3 unspecified atom stereocenters. The lowest BCUT2D eigenvalue weighted by Gasteiger charge is -2.45. The van der Waals surface area contributed by atoms with Crippen molar-refractivity contribution in [3.63, 3.8) is 0 Å². The molecule has 0 amide bonds. The SMILES string of the molecule is CCn1nccc1/C=c1\sc2n(c1=O)C1c3ccccc3OC(C)(N=2)C1C(C)=O. The van der Waals surface area contributed by atoms with Crippen LogP contribution in [-0.2, 0) is 11.3 Å². The third-order valence-electron chi connectivity index (χ3n) is 5.65. The van der Waals surface area contributed by atoms with Gasteiger partial charge in [-0.15, -0.1) is 0 Å².